The maximum atomic E-state index is 11.1. The van der Waals surface area contributed by atoms with Gasteiger partial charge in [-0.2, -0.15) is 0 Å². The van der Waals surface area contributed by atoms with Gasteiger partial charge < -0.3 is 15.0 Å². The van der Waals surface area contributed by atoms with Gasteiger partial charge >= 0.3 is 5.97 Å². The van der Waals surface area contributed by atoms with Crippen LogP contribution in [0.25, 0.3) is 0 Å². The fourth-order valence-corrected chi connectivity index (χ4v) is 2.50. The van der Waals surface area contributed by atoms with Crippen LogP contribution in [0.15, 0.2) is 24.3 Å². The molecule has 0 amide bonds. The number of hydrogen-bond acceptors (Lipinski definition) is 4. The summed E-state index contributed by atoms with van der Waals surface area (Å²) in [6, 6.07) is 8.95. The third-order valence-electron chi connectivity index (χ3n) is 3.89. The van der Waals surface area contributed by atoms with Crippen LogP contribution >= 0.6 is 0 Å². The third-order valence-corrected chi connectivity index (χ3v) is 3.89. The second-order valence-corrected chi connectivity index (χ2v) is 5.49. The van der Waals surface area contributed by atoms with E-state index >= 15 is 0 Å². The lowest BCUT2D eigenvalue weighted by atomic mass is 10.0. The molecule has 1 aromatic rings. The normalized spacial score (nSPS) is 16.9. The molecule has 0 aromatic heterocycles. The number of benzene rings is 1. The van der Waals surface area contributed by atoms with E-state index in [0.29, 0.717) is 12.5 Å². The number of rotatable bonds is 5. The number of hydrogen-bond donors (Lipinski definition) is 1. The maximum absolute atomic E-state index is 11.1. The Balaban J connectivity index is 1.80. The van der Waals surface area contributed by atoms with Crippen LogP contribution in [-0.4, -0.2) is 44.2 Å². The van der Waals surface area contributed by atoms with Gasteiger partial charge in [-0.1, -0.05) is 12.1 Å². The first-order valence-electron chi connectivity index (χ1n) is 7.28. The van der Waals surface area contributed by atoms with Gasteiger partial charge in [0.2, 0.25) is 0 Å². The summed E-state index contributed by atoms with van der Waals surface area (Å²) in [6.07, 6.45) is 3.57. The van der Waals surface area contributed by atoms with Crippen LogP contribution in [0.3, 0.4) is 0 Å². The van der Waals surface area contributed by atoms with Gasteiger partial charge in [0.25, 0.3) is 0 Å². The van der Waals surface area contributed by atoms with E-state index in [0.717, 1.165) is 19.5 Å². The molecule has 0 spiro atoms. The van der Waals surface area contributed by atoms with E-state index in [1.165, 1.54) is 31.2 Å². The summed E-state index contributed by atoms with van der Waals surface area (Å²) in [5.74, 6) is -0.154. The van der Waals surface area contributed by atoms with E-state index in [1.807, 2.05) is 0 Å². The highest BCUT2D eigenvalue weighted by atomic mass is 16.5. The monoisotopic (exact) mass is 276 g/mol. The van der Waals surface area contributed by atoms with Crippen molar-refractivity contribution in [3.8, 4) is 0 Å². The van der Waals surface area contributed by atoms with Gasteiger partial charge in [0, 0.05) is 18.2 Å². The SMILES string of the molecule is COC(=O)CCc1ccc(NC2CCN(C)CC2)cc1. The van der Waals surface area contributed by atoms with Gasteiger partial charge in [-0.3, -0.25) is 4.79 Å². The van der Waals surface area contributed by atoms with Crippen molar-refractivity contribution < 1.29 is 9.53 Å². The number of likely N-dealkylation sites (tertiary alicyclic amines) is 1. The average Bonchev–Trinajstić information content (AvgIpc) is 2.48. The summed E-state index contributed by atoms with van der Waals surface area (Å²) >= 11 is 0. The predicted octanol–water partition coefficient (Wildman–Crippen LogP) is 2.30. The van der Waals surface area contributed by atoms with Gasteiger partial charge in [-0.15, -0.1) is 0 Å². The highest BCUT2D eigenvalue weighted by Gasteiger charge is 2.15. The van der Waals surface area contributed by atoms with E-state index in [4.69, 9.17) is 0 Å². The molecular weight excluding hydrogens is 252 g/mol. The highest BCUT2D eigenvalue weighted by molar-refractivity contribution is 5.69. The average molecular weight is 276 g/mol. The second kappa shape index (κ2) is 7.29. The molecule has 0 unspecified atom stereocenters. The van der Waals surface area contributed by atoms with E-state index in [1.54, 1.807) is 0 Å². The minimum Gasteiger partial charge on any atom is -0.469 e. The molecule has 0 aliphatic carbocycles. The lowest BCUT2D eigenvalue weighted by molar-refractivity contribution is -0.140. The molecular formula is C16H24N2O2. The Morgan fingerprint density at radius 3 is 2.55 bits per heavy atom. The summed E-state index contributed by atoms with van der Waals surface area (Å²) in [7, 11) is 3.60. The molecule has 0 radical (unpaired) electrons. The van der Waals surface area contributed by atoms with Gasteiger partial charge in [-0.05, 0) is 57.1 Å². The first-order valence-corrected chi connectivity index (χ1v) is 7.28. The number of nitrogens with zero attached hydrogens (tertiary/aromatic N) is 1. The first-order chi connectivity index (χ1) is 9.67. The number of nitrogens with one attached hydrogen (secondary N) is 1. The molecule has 0 atom stereocenters. The van der Waals surface area contributed by atoms with E-state index in [2.05, 4.69) is 46.3 Å². The summed E-state index contributed by atoms with van der Waals surface area (Å²) in [5.41, 5.74) is 2.34. The molecule has 1 fully saturated rings. The van der Waals surface area contributed by atoms with Crippen LogP contribution in [0.4, 0.5) is 5.69 Å². The second-order valence-electron chi connectivity index (χ2n) is 5.49. The van der Waals surface area contributed by atoms with Gasteiger partial charge in [0.1, 0.15) is 0 Å². The van der Waals surface area contributed by atoms with E-state index in [9.17, 15) is 4.79 Å². The molecule has 1 N–H and O–H groups in total. The fourth-order valence-electron chi connectivity index (χ4n) is 2.50. The zero-order chi connectivity index (χ0) is 14.4. The number of carbonyl (C=O) groups is 1. The zero-order valence-corrected chi connectivity index (χ0v) is 12.4. The number of aryl methyl sites for hydroxylation is 1. The van der Waals surface area contributed by atoms with Crippen molar-refractivity contribution in [2.24, 2.45) is 0 Å². The van der Waals surface area contributed by atoms with Gasteiger partial charge in [0.15, 0.2) is 0 Å². The molecule has 2 rings (SSSR count). The van der Waals surface area contributed by atoms with Crippen molar-refractivity contribution in [3.05, 3.63) is 29.8 Å². The van der Waals surface area contributed by atoms with Crippen LogP contribution in [-0.2, 0) is 16.0 Å². The number of anilines is 1. The lowest BCUT2D eigenvalue weighted by Gasteiger charge is -2.30. The van der Waals surface area contributed by atoms with Crippen LogP contribution in [0, 0.1) is 0 Å². The Morgan fingerprint density at radius 1 is 1.30 bits per heavy atom. The van der Waals surface area contributed by atoms with Crippen molar-refractivity contribution in [3.63, 3.8) is 0 Å². The van der Waals surface area contributed by atoms with Crippen LogP contribution in [0.5, 0.6) is 0 Å². The molecule has 0 saturated carbocycles. The van der Waals surface area contributed by atoms with E-state index in [-0.39, 0.29) is 5.97 Å². The Kier molecular flexibility index (Phi) is 5.41. The Morgan fingerprint density at radius 2 is 1.95 bits per heavy atom. The zero-order valence-electron chi connectivity index (χ0n) is 12.4. The van der Waals surface area contributed by atoms with E-state index < -0.39 is 0 Å². The fraction of sp³-hybridized carbons (Fsp3) is 0.562. The molecule has 0 bridgehead atoms. The molecule has 1 heterocycles. The number of ether oxygens (including phenoxy) is 1. The summed E-state index contributed by atoms with van der Waals surface area (Å²) in [6.45, 7) is 2.32. The molecule has 110 valence electrons. The Bertz CT molecular complexity index is 423. The molecule has 1 aromatic carbocycles. The smallest absolute Gasteiger partial charge is 0.305 e. The molecule has 1 aliphatic heterocycles. The van der Waals surface area contributed by atoms with Gasteiger partial charge in [-0.25, -0.2) is 0 Å². The minimum atomic E-state index is -0.154. The number of methoxy groups -OCH3 is 1. The molecule has 1 saturated heterocycles. The molecule has 1 aliphatic rings. The predicted molar refractivity (Wildman–Crippen MR) is 80.9 cm³/mol. The van der Waals surface area contributed by atoms with Crippen LogP contribution in [0.1, 0.15) is 24.8 Å². The van der Waals surface area contributed by atoms with Crippen molar-refractivity contribution in [2.45, 2.75) is 31.7 Å². The first kappa shape index (κ1) is 14.9. The molecule has 20 heavy (non-hydrogen) atoms. The number of piperidine rings is 1. The summed E-state index contributed by atoms with van der Waals surface area (Å²) in [4.78, 5) is 13.5. The van der Waals surface area contributed by atoms with Crippen molar-refractivity contribution in [1.82, 2.24) is 4.90 Å². The third kappa shape index (κ3) is 4.53. The van der Waals surface area contributed by atoms with Crippen LogP contribution < -0.4 is 5.32 Å². The highest BCUT2D eigenvalue weighted by Crippen LogP contribution is 2.17. The van der Waals surface area contributed by atoms with Crippen LogP contribution in [0.2, 0.25) is 0 Å². The van der Waals surface area contributed by atoms with Gasteiger partial charge in [0.05, 0.1) is 7.11 Å². The largest absolute Gasteiger partial charge is 0.469 e. The summed E-state index contributed by atoms with van der Waals surface area (Å²) < 4.78 is 4.65. The molecule has 4 nitrogen and oxygen atoms in total. The van der Waals surface area contributed by atoms with Crippen molar-refractivity contribution in [1.29, 1.82) is 0 Å². The maximum Gasteiger partial charge on any atom is 0.305 e. The minimum absolute atomic E-state index is 0.154. The number of carbonyl (C=O) groups excluding carboxylic acids is 1. The lowest BCUT2D eigenvalue weighted by Crippen LogP contribution is -2.36. The molecule has 4 heteroatoms. The standard InChI is InChI=1S/C16H24N2O2/c1-18-11-9-15(10-12-18)17-14-6-3-13(4-7-14)5-8-16(19)20-2/h3-4,6-7,15,17H,5,8-12H2,1-2H3. The quantitative estimate of drug-likeness (QED) is 0.838. The van der Waals surface area contributed by atoms with Crippen molar-refractivity contribution in [2.75, 3.05) is 32.6 Å². The van der Waals surface area contributed by atoms with Crippen molar-refractivity contribution >= 4 is 11.7 Å². The Hall–Kier alpha value is -1.55. The topological polar surface area (TPSA) is 41.6 Å². The Labute approximate surface area is 121 Å². The number of esters is 1. The summed E-state index contributed by atoms with van der Waals surface area (Å²) in [5, 5.41) is 3.59.